The lowest BCUT2D eigenvalue weighted by Crippen LogP contribution is -2.13. The molecule has 1 aromatic heterocycles. The second-order valence-electron chi connectivity index (χ2n) is 6.75. The van der Waals surface area contributed by atoms with E-state index in [1.54, 1.807) is 61.7 Å². The molecule has 0 fully saturated rings. The number of nitrogens with two attached hydrogens (primary N) is 1. The molecule has 0 aliphatic rings. The summed E-state index contributed by atoms with van der Waals surface area (Å²) < 4.78 is 16.9. The fraction of sp³-hybridized carbons (Fsp3) is 0.0833. The van der Waals surface area contributed by atoms with Crippen molar-refractivity contribution in [3.8, 4) is 28.6 Å². The molecule has 0 saturated carbocycles. The second kappa shape index (κ2) is 8.13. The zero-order valence-corrected chi connectivity index (χ0v) is 16.3. The van der Waals surface area contributed by atoms with E-state index < -0.39 is 0 Å². The molecule has 0 saturated heterocycles. The molecule has 1 amide bonds. The summed E-state index contributed by atoms with van der Waals surface area (Å²) in [7, 11) is 1.55. The van der Waals surface area contributed by atoms with Crippen molar-refractivity contribution in [3.63, 3.8) is 0 Å². The van der Waals surface area contributed by atoms with E-state index in [2.05, 4.69) is 0 Å². The van der Waals surface area contributed by atoms with Crippen molar-refractivity contribution < 1.29 is 18.7 Å². The lowest BCUT2D eigenvalue weighted by Gasteiger charge is -2.08. The number of ether oxygens (including phenoxy) is 2. The predicted molar refractivity (Wildman–Crippen MR) is 114 cm³/mol. The van der Waals surface area contributed by atoms with E-state index in [1.807, 2.05) is 12.1 Å². The lowest BCUT2D eigenvalue weighted by molar-refractivity contribution is -0.117. The minimum Gasteiger partial charge on any atom is -0.497 e. The lowest BCUT2D eigenvalue weighted by atomic mass is 10.1. The van der Waals surface area contributed by atoms with Crippen LogP contribution in [0.25, 0.3) is 22.3 Å². The molecule has 4 aromatic rings. The number of rotatable bonds is 6. The number of primary amides is 1. The number of carbonyl (C=O) groups excluding carboxylic acids is 1. The van der Waals surface area contributed by atoms with Crippen molar-refractivity contribution in [2.24, 2.45) is 5.73 Å². The third-order valence-electron chi connectivity index (χ3n) is 4.61. The zero-order valence-electron chi connectivity index (χ0n) is 16.3. The highest BCUT2D eigenvalue weighted by Crippen LogP contribution is 2.28. The fourth-order valence-corrected chi connectivity index (χ4v) is 3.10. The Balaban J connectivity index is 1.54. The van der Waals surface area contributed by atoms with Crippen LogP contribution in [0.1, 0.15) is 5.56 Å². The molecule has 0 aliphatic heterocycles. The highest BCUT2D eigenvalue weighted by Gasteiger charge is 2.09. The summed E-state index contributed by atoms with van der Waals surface area (Å²) in [4.78, 5) is 23.4. The maximum atomic E-state index is 12.5. The molecule has 0 aliphatic carbocycles. The van der Waals surface area contributed by atoms with Crippen LogP contribution >= 0.6 is 0 Å². The highest BCUT2D eigenvalue weighted by molar-refractivity contribution is 5.80. The van der Waals surface area contributed by atoms with Gasteiger partial charge in [-0.2, -0.15) is 0 Å². The SMILES string of the molecule is COc1ccc2oc(-c3ccc(Oc4ccc(CC(N)=O)cc4)cc3)cc(=O)c2c1. The molecule has 1 heterocycles. The molecule has 0 atom stereocenters. The van der Waals surface area contributed by atoms with Gasteiger partial charge in [0.15, 0.2) is 5.43 Å². The van der Waals surface area contributed by atoms with Gasteiger partial charge in [-0.3, -0.25) is 9.59 Å². The van der Waals surface area contributed by atoms with Gasteiger partial charge >= 0.3 is 0 Å². The van der Waals surface area contributed by atoms with Crippen molar-refractivity contribution >= 4 is 16.9 Å². The number of hydrogen-bond donors (Lipinski definition) is 1. The number of methoxy groups -OCH3 is 1. The number of carbonyl (C=O) groups is 1. The first kappa shape index (κ1) is 19.3. The Labute approximate surface area is 172 Å². The Morgan fingerprint density at radius 1 is 0.900 bits per heavy atom. The van der Waals surface area contributed by atoms with Gasteiger partial charge in [-0.25, -0.2) is 0 Å². The highest BCUT2D eigenvalue weighted by atomic mass is 16.5. The van der Waals surface area contributed by atoms with Crippen molar-refractivity contribution in [2.75, 3.05) is 7.11 Å². The van der Waals surface area contributed by atoms with Crippen molar-refractivity contribution in [1.82, 2.24) is 0 Å². The van der Waals surface area contributed by atoms with Crippen LogP contribution in [0, 0.1) is 0 Å². The monoisotopic (exact) mass is 401 g/mol. The van der Waals surface area contributed by atoms with Crippen LogP contribution in [-0.2, 0) is 11.2 Å². The first-order chi connectivity index (χ1) is 14.5. The Hall–Kier alpha value is -4.06. The Morgan fingerprint density at radius 3 is 2.17 bits per heavy atom. The van der Waals surface area contributed by atoms with Crippen LogP contribution in [0.5, 0.6) is 17.2 Å². The van der Waals surface area contributed by atoms with Gasteiger partial charge in [0.1, 0.15) is 28.6 Å². The summed E-state index contributed by atoms with van der Waals surface area (Å²) in [6.45, 7) is 0. The van der Waals surface area contributed by atoms with Gasteiger partial charge in [-0.1, -0.05) is 12.1 Å². The van der Waals surface area contributed by atoms with Crippen LogP contribution in [0.15, 0.2) is 82.0 Å². The number of hydrogen-bond acceptors (Lipinski definition) is 5. The van der Waals surface area contributed by atoms with Crippen LogP contribution in [0.2, 0.25) is 0 Å². The van der Waals surface area contributed by atoms with Gasteiger partial charge in [0.05, 0.1) is 18.9 Å². The number of amides is 1. The van der Waals surface area contributed by atoms with Gasteiger partial charge in [0.25, 0.3) is 0 Å². The molecule has 0 bridgehead atoms. The molecule has 2 N–H and O–H groups in total. The van der Waals surface area contributed by atoms with E-state index in [4.69, 9.17) is 19.6 Å². The molecule has 0 unspecified atom stereocenters. The van der Waals surface area contributed by atoms with Crippen LogP contribution in [0.3, 0.4) is 0 Å². The van der Waals surface area contributed by atoms with Crippen molar-refractivity contribution in [2.45, 2.75) is 6.42 Å². The Morgan fingerprint density at radius 2 is 1.53 bits per heavy atom. The standard InChI is InChI=1S/C24H19NO5/c1-28-19-10-11-22-20(13-19)21(26)14-23(30-22)16-4-8-18(9-5-16)29-17-6-2-15(3-7-17)12-24(25)27/h2-11,13-14H,12H2,1H3,(H2,25,27). The Kier molecular flexibility index (Phi) is 5.22. The molecular formula is C24H19NO5. The van der Waals surface area contributed by atoms with Crippen LogP contribution < -0.4 is 20.6 Å². The van der Waals surface area contributed by atoms with Crippen LogP contribution in [-0.4, -0.2) is 13.0 Å². The van der Waals surface area contributed by atoms with Gasteiger partial charge in [-0.05, 0) is 60.2 Å². The molecule has 0 radical (unpaired) electrons. The topological polar surface area (TPSA) is 91.8 Å². The normalized spacial score (nSPS) is 10.7. The summed E-state index contributed by atoms with van der Waals surface area (Å²) in [6, 6.07) is 21.0. The third kappa shape index (κ3) is 4.17. The summed E-state index contributed by atoms with van der Waals surface area (Å²) in [5.74, 6) is 1.97. The molecule has 6 nitrogen and oxygen atoms in total. The maximum Gasteiger partial charge on any atom is 0.221 e. The number of fused-ring (bicyclic) bond motifs is 1. The van der Waals surface area contributed by atoms with E-state index >= 15 is 0 Å². The molecule has 3 aromatic carbocycles. The van der Waals surface area contributed by atoms with E-state index in [0.29, 0.717) is 34.0 Å². The van der Waals surface area contributed by atoms with E-state index in [-0.39, 0.29) is 17.8 Å². The van der Waals surface area contributed by atoms with Gasteiger partial charge in [0, 0.05) is 11.6 Å². The molecule has 0 spiro atoms. The second-order valence-corrected chi connectivity index (χ2v) is 6.75. The van der Waals surface area contributed by atoms with Gasteiger partial charge in [0.2, 0.25) is 5.91 Å². The molecule has 6 heteroatoms. The summed E-state index contributed by atoms with van der Waals surface area (Å²) in [5, 5.41) is 0.470. The first-order valence-electron chi connectivity index (χ1n) is 9.29. The maximum absolute atomic E-state index is 12.5. The minimum absolute atomic E-state index is 0.137. The predicted octanol–water partition coefficient (Wildman–Crippen LogP) is 4.29. The third-order valence-corrected chi connectivity index (χ3v) is 4.61. The fourth-order valence-electron chi connectivity index (χ4n) is 3.10. The summed E-state index contributed by atoms with van der Waals surface area (Å²) >= 11 is 0. The molecule has 150 valence electrons. The molecule has 4 rings (SSSR count). The Bertz CT molecular complexity index is 1260. The average Bonchev–Trinajstić information content (AvgIpc) is 2.75. The quantitative estimate of drug-likeness (QED) is 0.520. The molecule has 30 heavy (non-hydrogen) atoms. The van der Waals surface area contributed by atoms with Gasteiger partial charge in [-0.15, -0.1) is 0 Å². The van der Waals surface area contributed by atoms with Crippen molar-refractivity contribution in [1.29, 1.82) is 0 Å². The zero-order chi connectivity index (χ0) is 21.1. The molecular weight excluding hydrogens is 382 g/mol. The van der Waals surface area contributed by atoms with Crippen molar-refractivity contribution in [3.05, 3.63) is 88.6 Å². The summed E-state index contributed by atoms with van der Waals surface area (Å²) in [6.07, 6.45) is 0.193. The van der Waals surface area contributed by atoms with Gasteiger partial charge < -0.3 is 19.6 Å². The summed E-state index contributed by atoms with van der Waals surface area (Å²) in [5.41, 5.74) is 7.14. The van der Waals surface area contributed by atoms with E-state index in [9.17, 15) is 9.59 Å². The average molecular weight is 401 g/mol. The van der Waals surface area contributed by atoms with E-state index in [0.717, 1.165) is 11.1 Å². The first-order valence-corrected chi connectivity index (χ1v) is 9.29. The van der Waals surface area contributed by atoms with Crippen LogP contribution in [0.4, 0.5) is 0 Å². The largest absolute Gasteiger partial charge is 0.497 e. The smallest absolute Gasteiger partial charge is 0.221 e. The number of benzene rings is 3. The van der Waals surface area contributed by atoms with E-state index in [1.165, 1.54) is 6.07 Å². The minimum atomic E-state index is -0.376.